The lowest BCUT2D eigenvalue weighted by Gasteiger charge is -2.31. The van der Waals surface area contributed by atoms with E-state index in [1.807, 2.05) is 31.3 Å². The van der Waals surface area contributed by atoms with Crippen LogP contribution in [0.2, 0.25) is 0 Å². The molecule has 0 spiro atoms. The van der Waals surface area contributed by atoms with Crippen LogP contribution < -0.4 is 15.0 Å². The van der Waals surface area contributed by atoms with Gasteiger partial charge >= 0.3 is 6.01 Å². The van der Waals surface area contributed by atoms with E-state index in [1.54, 1.807) is 12.3 Å². The molecule has 10 heteroatoms. The van der Waals surface area contributed by atoms with E-state index < -0.39 is 12.0 Å². The van der Waals surface area contributed by atoms with Crippen LogP contribution in [0.3, 0.4) is 0 Å². The summed E-state index contributed by atoms with van der Waals surface area (Å²) in [4.78, 5) is 18.4. The normalized spacial score (nSPS) is 24.8. The van der Waals surface area contributed by atoms with Crippen LogP contribution in [0.25, 0.3) is 32.9 Å². The Kier molecular flexibility index (Phi) is 7.06. The van der Waals surface area contributed by atoms with Gasteiger partial charge in [-0.05, 0) is 62.2 Å². The zero-order valence-corrected chi connectivity index (χ0v) is 23.8. The van der Waals surface area contributed by atoms with Crippen molar-refractivity contribution in [1.29, 1.82) is 0 Å². The van der Waals surface area contributed by atoms with Gasteiger partial charge in [-0.25, -0.2) is 8.78 Å². The van der Waals surface area contributed by atoms with Gasteiger partial charge in [0.05, 0.1) is 10.9 Å². The van der Waals surface area contributed by atoms with Crippen LogP contribution in [0, 0.1) is 5.82 Å². The number of halogens is 2. The first-order valence-corrected chi connectivity index (χ1v) is 15.0. The van der Waals surface area contributed by atoms with Crippen LogP contribution in [0.5, 0.6) is 11.8 Å². The van der Waals surface area contributed by atoms with Crippen LogP contribution in [-0.4, -0.2) is 82.5 Å². The summed E-state index contributed by atoms with van der Waals surface area (Å²) in [6.45, 7) is 3.02. The van der Waals surface area contributed by atoms with Crippen molar-refractivity contribution in [2.45, 2.75) is 56.3 Å². The number of hydrogen-bond donors (Lipinski definition) is 2. The van der Waals surface area contributed by atoms with Gasteiger partial charge in [0.1, 0.15) is 35.6 Å². The summed E-state index contributed by atoms with van der Waals surface area (Å²) in [5, 5.41) is 15.9. The first-order chi connectivity index (χ1) is 20.4. The minimum absolute atomic E-state index is 0.0307. The molecule has 0 saturated carbocycles. The molecule has 2 N–H and O–H groups in total. The standard InChI is InChI=1S/C32H36F2N6O2/c1-35-22-8-4-5-11-39(18-22)30-26-16-36-28(25-14-23(41)13-20-7-2-3-9-24(20)25)27(34)29(26)37-31(38-30)42-19-32-10-6-12-40(32)17-21(33)15-32/h2-3,7,9,13-14,16,21-22,35,41H,4-6,8,10-12,15,17-19H2,1H3/t21-,22?,32+/m0/s1. The molecule has 0 bridgehead atoms. The van der Waals surface area contributed by atoms with Crippen LogP contribution >= 0.6 is 0 Å². The minimum atomic E-state index is -0.874. The third kappa shape index (κ3) is 4.80. The number of hydrogen-bond acceptors (Lipinski definition) is 8. The maximum Gasteiger partial charge on any atom is 0.319 e. The molecule has 8 nitrogen and oxygen atoms in total. The average Bonchev–Trinajstić information content (AvgIpc) is 3.40. The second-order valence-electron chi connectivity index (χ2n) is 12.0. The molecule has 2 aromatic heterocycles. The number of fused-ring (bicyclic) bond motifs is 3. The third-order valence-electron chi connectivity index (χ3n) is 9.36. The van der Waals surface area contributed by atoms with Gasteiger partial charge in [-0.15, -0.1) is 0 Å². The Morgan fingerprint density at radius 1 is 1.10 bits per heavy atom. The number of phenolic OH excluding ortho intramolecular Hbond substituents is 1. The van der Waals surface area contributed by atoms with Crippen molar-refractivity contribution in [2.24, 2.45) is 0 Å². The van der Waals surface area contributed by atoms with Crippen molar-refractivity contribution < 1.29 is 18.6 Å². The topological polar surface area (TPSA) is 86.6 Å². The smallest absolute Gasteiger partial charge is 0.319 e. The molecule has 0 radical (unpaired) electrons. The molecule has 0 amide bonds. The Labute approximate surface area is 243 Å². The molecule has 3 saturated heterocycles. The summed E-state index contributed by atoms with van der Waals surface area (Å²) in [5.41, 5.74) is 0.331. The quantitative estimate of drug-likeness (QED) is 0.324. The number of likely N-dealkylation sites (N-methyl/N-ethyl adjacent to an activating group) is 1. The summed E-state index contributed by atoms with van der Waals surface area (Å²) < 4.78 is 37.3. The second kappa shape index (κ2) is 10.9. The summed E-state index contributed by atoms with van der Waals surface area (Å²) in [5.74, 6) is 0.0247. The lowest BCUT2D eigenvalue weighted by molar-refractivity contribution is 0.107. The number of aromatic hydroxyl groups is 1. The van der Waals surface area contributed by atoms with E-state index in [0.717, 1.165) is 56.0 Å². The molecule has 2 aromatic carbocycles. The summed E-state index contributed by atoms with van der Waals surface area (Å²) >= 11 is 0. The molecule has 3 fully saturated rings. The van der Waals surface area contributed by atoms with Gasteiger partial charge in [-0.3, -0.25) is 9.88 Å². The van der Waals surface area contributed by atoms with E-state index >= 15 is 4.39 Å². The Hall–Kier alpha value is -3.63. The van der Waals surface area contributed by atoms with Gasteiger partial charge in [-0.2, -0.15) is 9.97 Å². The fourth-order valence-electron chi connectivity index (χ4n) is 7.22. The molecule has 42 heavy (non-hydrogen) atoms. The summed E-state index contributed by atoms with van der Waals surface area (Å²) in [6.07, 6.45) is 6.16. The van der Waals surface area contributed by atoms with Gasteiger partial charge in [0.25, 0.3) is 0 Å². The third-order valence-corrected chi connectivity index (χ3v) is 9.36. The summed E-state index contributed by atoms with van der Waals surface area (Å²) in [6, 6.07) is 11.0. The van der Waals surface area contributed by atoms with Crippen LogP contribution in [0.15, 0.2) is 42.6 Å². The molecule has 5 heterocycles. The van der Waals surface area contributed by atoms with E-state index in [4.69, 9.17) is 9.72 Å². The lowest BCUT2D eigenvalue weighted by atomic mass is 9.95. The fourth-order valence-corrected chi connectivity index (χ4v) is 7.22. The molecular weight excluding hydrogens is 538 g/mol. The molecule has 0 aliphatic carbocycles. The Morgan fingerprint density at radius 3 is 2.86 bits per heavy atom. The number of anilines is 1. The number of nitrogens with zero attached hydrogens (tertiary/aromatic N) is 5. The van der Waals surface area contributed by atoms with E-state index in [-0.39, 0.29) is 41.2 Å². The molecule has 1 unspecified atom stereocenters. The first kappa shape index (κ1) is 27.2. The average molecular weight is 575 g/mol. The molecular formula is C32H36F2N6O2. The van der Waals surface area contributed by atoms with Gasteiger partial charge in [0, 0.05) is 43.9 Å². The molecule has 3 aliphatic heterocycles. The van der Waals surface area contributed by atoms with Crippen molar-refractivity contribution >= 4 is 27.5 Å². The predicted molar refractivity (Wildman–Crippen MR) is 159 cm³/mol. The van der Waals surface area contributed by atoms with Gasteiger partial charge in [-0.1, -0.05) is 30.7 Å². The Balaban J connectivity index is 1.35. The molecule has 3 aliphatic rings. The number of aromatic nitrogens is 3. The highest BCUT2D eigenvalue weighted by Gasteiger charge is 2.49. The number of nitrogens with one attached hydrogen (secondary N) is 1. The maximum absolute atomic E-state index is 16.6. The van der Waals surface area contributed by atoms with Crippen LogP contribution in [-0.2, 0) is 0 Å². The zero-order chi connectivity index (χ0) is 28.8. The van der Waals surface area contributed by atoms with E-state index in [1.165, 1.54) is 6.07 Å². The van der Waals surface area contributed by atoms with E-state index in [0.29, 0.717) is 36.3 Å². The summed E-state index contributed by atoms with van der Waals surface area (Å²) in [7, 11) is 1.96. The lowest BCUT2D eigenvalue weighted by Crippen LogP contribution is -2.43. The minimum Gasteiger partial charge on any atom is -0.508 e. The van der Waals surface area contributed by atoms with E-state index in [2.05, 4.69) is 25.1 Å². The number of pyridine rings is 1. The van der Waals surface area contributed by atoms with Gasteiger partial charge in [0.15, 0.2) is 5.82 Å². The fraction of sp³-hybridized carbons (Fsp3) is 0.469. The Bertz CT molecular complexity index is 1640. The predicted octanol–water partition coefficient (Wildman–Crippen LogP) is 5.22. The van der Waals surface area contributed by atoms with Gasteiger partial charge in [0.2, 0.25) is 0 Å². The SMILES string of the molecule is CNC1CCCCN(c2nc(OC[C@]34CCCN3C[C@@H](F)C4)nc3c(F)c(-c4cc(O)cc5ccccc45)ncc23)C1. The van der Waals surface area contributed by atoms with Crippen molar-refractivity contribution in [3.8, 4) is 23.0 Å². The van der Waals surface area contributed by atoms with Crippen LogP contribution in [0.1, 0.15) is 38.5 Å². The molecule has 7 rings (SSSR count). The zero-order valence-electron chi connectivity index (χ0n) is 23.8. The maximum atomic E-state index is 16.6. The van der Waals surface area contributed by atoms with Crippen molar-refractivity contribution in [2.75, 3.05) is 44.7 Å². The highest BCUT2D eigenvalue weighted by molar-refractivity contribution is 5.99. The van der Waals surface area contributed by atoms with Crippen LogP contribution in [0.4, 0.5) is 14.6 Å². The number of alkyl halides is 1. The highest BCUT2D eigenvalue weighted by Crippen LogP contribution is 2.41. The van der Waals surface area contributed by atoms with Crippen molar-refractivity contribution in [1.82, 2.24) is 25.2 Å². The number of rotatable bonds is 6. The number of phenols is 1. The van der Waals surface area contributed by atoms with Crippen molar-refractivity contribution in [3.05, 3.63) is 48.4 Å². The largest absolute Gasteiger partial charge is 0.508 e. The van der Waals surface area contributed by atoms with E-state index in [9.17, 15) is 9.50 Å². The van der Waals surface area contributed by atoms with Crippen molar-refractivity contribution in [3.63, 3.8) is 0 Å². The second-order valence-corrected chi connectivity index (χ2v) is 12.0. The monoisotopic (exact) mass is 574 g/mol. The number of ether oxygens (including phenoxy) is 1. The first-order valence-electron chi connectivity index (χ1n) is 15.0. The van der Waals surface area contributed by atoms with Gasteiger partial charge < -0.3 is 20.1 Å². The molecule has 3 atom stereocenters. The Morgan fingerprint density at radius 2 is 1.98 bits per heavy atom. The molecule has 4 aromatic rings. The highest BCUT2D eigenvalue weighted by atomic mass is 19.1. The molecule has 220 valence electrons. The number of benzene rings is 2.